The van der Waals surface area contributed by atoms with Crippen molar-refractivity contribution in [2.45, 2.75) is 20.0 Å². The number of benzene rings is 1. The Morgan fingerprint density at radius 2 is 1.88 bits per heavy atom. The van der Waals surface area contributed by atoms with Gasteiger partial charge < -0.3 is 10.5 Å². The van der Waals surface area contributed by atoms with E-state index in [0.717, 1.165) is 12.1 Å². The molecule has 0 radical (unpaired) electrons. The standard InChI is InChI=1S/C12H16F3NO/c1-11(2,7-16)8-17-10-5-3-4-9(6-10)12(13,14)15/h3-6H,7-8,16H2,1-2H3. The zero-order valence-corrected chi connectivity index (χ0v) is 9.84. The monoisotopic (exact) mass is 247 g/mol. The van der Waals surface area contributed by atoms with Crippen LogP contribution in [0.15, 0.2) is 24.3 Å². The van der Waals surface area contributed by atoms with Crippen molar-refractivity contribution in [3.63, 3.8) is 0 Å². The lowest BCUT2D eigenvalue weighted by atomic mass is 9.95. The van der Waals surface area contributed by atoms with Crippen molar-refractivity contribution in [2.24, 2.45) is 11.1 Å². The van der Waals surface area contributed by atoms with Crippen molar-refractivity contribution in [2.75, 3.05) is 13.2 Å². The molecule has 1 aromatic rings. The van der Waals surface area contributed by atoms with Gasteiger partial charge in [-0.25, -0.2) is 0 Å². The Kier molecular flexibility index (Phi) is 4.03. The van der Waals surface area contributed by atoms with E-state index < -0.39 is 11.7 Å². The van der Waals surface area contributed by atoms with E-state index in [9.17, 15) is 13.2 Å². The third-order valence-electron chi connectivity index (χ3n) is 2.34. The van der Waals surface area contributed by atoms with Gasteiger partial charge in [-0.3, -0.25) is 0 Å². The molecule has 0 fully saturated rings. The van der Waals surface area contributed by atoms with Gasteiger partial charge in [0.25, 0.3) is 0 Å². The van der Waals surface area contributed by atoms with E-state index in [0.29, 0.717) is 6.54 Å². The van der Waals surface area contributed by atoms with Crippen LogP contribution in [0.1, 0.15) is 19.4 Å². The van der Waals surface area contributed by atoms with Gasteiger partial charge >= 0.3 is 6.18 Å². The van der Waals surface area contributed by atoms with Gasteiger partial charge in [0.2, 0.25) is 0 Å². The molecule has 17 heavy (non-hydrogen) atoms. The lowest BCUT2D eigenvalue weighted by Gasteiger charge is -2.22. The van der Waals surface area contributed by atoms with Crippen molar-refractivity contribution in [1.29, 1.82) is 0 Å². The van der Waals surface area contributed by atoms with E-state index in [2.05, 4.69) is 0 Å². The molecule has 96 valence electrons. The summed E-state index contributed by atoms with van der Waals surface area (Å²) in [6.07, 6.45) is -4.34. The molecule has 0 aliphatic heterocycles. The van der Waals surface area contributed by atoms with E-state index in [-0.39, 0.29) is 17.8 Å². The predicted octanol–water partition coefficient (Wildman–Crippen LogP) is 3.07. The highest BCUT2D eigenvalue weighted by molar-refractivity contribution is 5.30. The largest absolute Gasteiger partial charge is 0.493 e. The average molecular weight is 247 g/mol. The highest BCUT2D eigenvalue weighted by Crippen LogP contribution is 2.31. The summed E-state index contributed by atoms with van der Waals surface area (Å²) < 4.78 is 42.6. The second-order valence-corrected chi connectivity index (χ2v) is 4.68. The van der Waals surface area contributed by atoms with E-state index in [1.807, 2.05) is 13.8 Å². The first kappa shape index (κ1) is 13.8. The maximum absolute atomic E-state index is 12.4. The van der Waals surface area contributed by atoms with Crippen LogP contribution in [0.3, 0.4) is 0 Å². The number of hydrogen-bond donors (Lipinski definition) is 1. The Hall–Kier alpha value is -1.23. The molecule has 1 aromatic carbocycles. The fourth-order valence-electron chi connectivity index (χ4n) is 1.10. The Bertz CT molecular complexity index is 374. The minimum atomic E-state index is -4.34. The van der Waals surface area contributed by atoms with Crippen molar-refractivity contribution < 1.29 is 17.9 Å². The van der Waals surface area contributed by atoms with Crippen molar-refractivity contribution in [3.05, 3.63) is 29.8 Å². The molecule has 0 aliphatic carbocycles. The second kappa shape index (κ2) is 4.96. The fourth-order valence-corrected chi connectivity index (χ4v) is 1.10. The maximum Gasteiger partial charge on any atom is 0.416 e. The molecule has 0 saturated heterocycles. The quantitative estimate of drug-likeness (QED) is 0.887. The van der Waals surface area contributed by atoms with E-state index in [4.69, 9.17) is 10.5 Å². The molecule has 0 heterocycles. The van der Waals surface area contributed by atoms with Crippen LogP contribution in [0.5, 0.6) is 5.75 Å². The normalized spacial score (nSPS) is 12.6. The smallest absolute Gasteiger partial charge is 0.416 e. The Labute approximate surface area is 98.6 Å². The van der Waals surface area contributed by atoms with Crippen LogP contribution in [-0.2, 0) is 6.18 Å². The first-order valence-electron chi connectivity index (χ1n) is 5.25. The molecule has 5 heteroatoms. The van der Waals surface area contributed by atoms with Crippen LogP contribution in [0.4, 0.5) is 13.2 Å². The summed E-state index contributed by atoms with van der Waals surface area (Å²) in [4.78, 5) is 0. The number of alkyl halides is 3. The molecule has 0 aromatic heterocycles. The van der Waals surface area contributed by atoms with Gasteiger partial charge in [0.1, 0.15) is 5.75 Å². The Morgan fingerprint density at radius 1 is 1.24 bits per heavy atom. The van der Waals surface area contributed by atoms with Crippen molar-refractivity contribution in [3.8, 4) is 5.75 Å². The average Bonchev–Trinajstić information content (AvgIpc) is 2.26. The van der Waals surface area contributed by atoms with Gasteiger partial charge in [0, 0.05) is 12.0 Å². The topological polar surface area (TPSA) is 35.2 Å². The minimum Gasteiger partial charge on any atom is -0.493 e. The number of halogens is 3. The lowest BCUT2D eigenvalue weighted by Crippen LogP contribution is -2.30. The molecule has 0 atom stereocenters. The van der Waals surface area contributed by atoms with E-state index >= 15 is 0 Å². The van der Waals surface area contributed by atoms with Crippen LogP contribution in [0.25, 0.3) is 0 Å². The minimum absolute atomic E-state index is 0.210. The van der Waals surface area contributed by atoms with Gasteiger partial charge in [0.15, 0.2) is 0 Å². The number of nitrogens with two attached hydrogens (primary N) is 1. The molecule has 0 spiro atoms. The van der Waals surface area contributed by atoms with E-state index in [1.54, 1.807) is 0 Å². The van der Waals surface area contributed by atoms with Crippen LogP contribution in [0, 0.1) is 5.41 Å². The van der Waals surface area contributed by atoms with Gasteiger partial charge in [0.05, 0.1) is 12.2 Å². The molecule has 0 aliphatic rings. The summed E-state index contributed by atoms with van der Waals surface area (Å²) in [5.41, 5.74) is 4.55. The Morgan fingerprint density at radius 3 is 2.41 bits per heavy atom. The predicted molar refractivity (Wildman–Crippen MR) is 59.8 cm³/mol. The zero-order chi connectivity index (χ0) is 13.1. The summed E-state index contributed by atoms with van der Waals surface area (Å²) in [7, 11) is 0. The van der Waals surface area contributed by atoms with Gasteiger partial charge in [-0.1, -0.05) is 19.9 Å². The summed E-state index contributed by atoms with van der Waals surface area (Å²) >= 11 is 0. The summed E-state index contributed by atoms with van der Waals surface area (Å²) in [5, 5.41) is 0. The summed E-state index contributed by atoms with van der Waals surface area (Å²) in [6.45, 7) is 4.47. The van der Waals surface area contributed by atoms with Gasteiger partial charge in [-0.05, 0) is 18.2 Å². The summed E-state index contributed by atoms with van der Waals surface area (Å²) in [5.74, 6) is 0.210. The SMILES string of the molecule is CC(C)(CN)COc1cccc(C(F)(F)F)c1. The second-order valence-electron chi connectivity index (χ2n) is 4.68. The van der Waals surface area contributed by atoms with E-state index in [1.165, 1.54) is 12.1 Å². The number of hydrogen-bond acceptors (Lipinski definition) is 2. The first-order valence-corrected chi connectivity index (χ1v) is 5.25. The van der Waals surface area contributed by atoms with Crippen LogP contribution in [-0.4, -0.2) is 13.2 Å². The molecular weight excluding hydrogens is 231 g/mol. The molecule has 0 amide bonds. The number of ether oxygens (including phenoxy) is 1. The van der Waals surface area contributed by atoms with Crippen molar-refractivity contribution >= 4 is 0 Å². The molecular formula is C12H16F3NO. The number of rotatable bonds is 4. The molecule has 2 nitrogen and oxygen atoms in total. The molecule has 0 bridgehead atoms. The highest BCUT2D eigenvalue weighted by Gasteiger charge is 2.30. The lowest BCUT2D eigenvalue weighted by molar-refractivity contribution is -0.137. The highest BCUT2D eigenvalue weighted by atomic mass is 19.4. The molecule has 2 N–H and O–H groups in total. The third kappa shape index (κ3) is 4.26. The van der Waals surface area contributed by atoms with Crippen LogP contribution < -0.4 is 10.5 Å². The van der Waals surface area contributed by atoms with Gasteiger partial charge in [-0.15, -0.1) is 0 Å². The summed E-state index contributed by atoms with van der Waals surface area (Å²) in [6, 6.07) is 4.84. The fraction of sp³-hybridized carbons (Fsp3) is 0.500. The molecule has 0 saturated carbocycles. The third-order valence-corrected chi connectivity index (χ3v) is 2.34. The Balaban J connectivity index is 2.74. The van der Waals surface area contributed by atoms with Crippen LogP contribution in [0.2, 0.25) is 0 Å². The maximum atomic E-state index is 12.4. The molecule has 1 rings (SSSR count). The van der Waals surface area contributed by atoms with Gasteiger partial charge in [-0.2, -0.15) is 13.2 Å². The van der Waals surface area contributed by atoms with Crippen LogP contribution >= 0.6 is 0 Å². The zero-order valence-electron chi connectivity index (χ0n) is 9.84. The first-order chi connectivity index (χ1) is 7.74. The van der Waals surface area contributed by atoms with Crippen molar-refractivity contribution in [1.82, 2.24) is 0 Å². The molecule has 0 unspecified atom stereocenters.